The summed E-state index contributed by atoms with van der Waals surface area (Å²) in [6.45, 7) is 0. The molecule has 29 heavy (non-hydrogen) atoms. The lowest BCUT2D eigenvalue weighted by Crippen LogP contribution is -2.30. The van der Waals surface area contributed by atoms with E-state index in [1.54, 1.807) is 42.6 Å². The van der Waals surface area contributed by atoms with Crippen LogP contribution in [0.1, 0.15) is 12.8 Å². The molecule has 1 heterocycles. The minimum atomic E-state index is -0.182. The monoisotopic (exact) mass is 390 g/mol. The largest absolute Gasteiger partial charge is 0.457 e. The van der Waals surface area contributed by atoms with Crippen molar-refractivity contribution in [1.82, 2.24) is 10.3 Å². The molecule has 0 saturated heterocycles. The van der Waals surface area contributed by atoms with Crippen molar-refractivity contribution in [2.75, 3.05) is 16.1 Å². The number of anilines is 4. The number of hydrazine groups is 1. The Morgan fingerprint density at radius 2 is 1.76 bits per heavy atom. The fourth-order valence-corrected chi connectivity index (χ4v) is 2.72. The average Bonchev–Trinajstić information content (AvgIpc) is 3.54. The number of benzene rings is 2. The van der Waals surface area contributed by atoms with Crippen LogP contribution in [0.5, 0.6) is 11.5 Å². The summed E-state index contributed by atoms with van der Waals surface area (Å²) in [7, 11) is 0. The smallest absolute Gasteiger partial charge is 0.319 e. The van der Waals surface area contributed by atoms with E-state index in [1.165, 1.54) is 0 Å². The molecule has 1 saturated carbocycles. The lowest BCUT2D eigenvalue weighted by Gasteiger charge is -2.12. The Morgan fingerprint density at radius 3 is 2.48 bits per heavy atom. The van der Waals surface area contributed by atoms with Gasteiger partial charge in [-0.1, -0.05) is 12.1 Å². The van der Waals surface area contributed by atoms with E-state index in [4.69, 9.17) is 10.6 Å². The number of amides is 2. The van der Waals surface area contributed by atoms with Gasteiger partial charge in [-0.3, -0.25) is 5.84 Å². The molecule has 0 aliphatic heterocycles. The molecule has 0 atom stereocenters. The van der Waals surface area contributed by atoms with E-state index in [2.05, 4.69) is 26.4 Å². The van der Waals surface area contributed by atoms with Crippen LogP contribution in [0.2, 0.25) is 0 Å². The zero-order valence-corrected chi connectivity index (χ0v) is 15.7. The fourth-order valence-electron chi connectivity index (χ4n) is 2.72. The first-order chi connectivity index (χ1) is 14.2. The number of urea groups is 1. The van der Waals surface area contributed by atoms with Crippen molar-refractivity contribution in [3.05, 3.63) is 66.9 Å². The molecule has 0 unspecified atom stereocenters. The van der Waals surface area contributed by atoms with Crippen LogP contribution in [-0.2, 0) is 0 Å². The molecule has 8 heteroatoms. The van der Waals surface area contributed by atoms with Crippen LogP contribution in [0.25, 0.3) is 0 Å². The van der Waals surface area contributed by atoms with Crippen molar-refractivity contribution in [1.29, 1.82) is 0 Å². The van der Waals surface area contributed by atoms with Crippen LogP contribution in [0.4, 0.5) is 27.7 Å². The number of nitrogen functional groups attached to an aromatic ring is 1. The first-order valence-corrected chi connectivity index (χ1v) is 9.34. The number of nitrogens with one attached hydrogen (secondary N) is 4. The number of carbonyl (C=O) groups excluding carboxylic acids is 1. The summed E-state index contributed by atoms with van der Waals surface area (Å²) in [5, 5.41) is 8.91. The molecular weight excluding hydrogens is 368 g/mol. The molecule has 0 spiro atoms. The van der Waals surface area contributed by atoms with Gasteiger partial charge in [0.1, 0.15) is 17.3 Å². The third-order valence-electron chi connectivity index (χ3n) is 4.34. The number of carbonyl (C=O) groups is 1. The minimum Gasteiger partial charge on any atom is -0.457 e. The van der Waals surface area contributed by atoms with Crippen LogP contribution >= 0.6 is 0 Å². The zero-order chi connectivity index (χ0) is 20.1. The molecule has 148 valence electrons. The number of nitrogens with two attached hydrogens (primary N) is 1. The third kappa shape index (κ3) is 5.14. The standard InChI is InChI=1S/C21H22N6O2/c22-27-19-4-2-1-3-18(19)26-20-13-17(11-12-23-20)29-16-9-7-15(8-10-16)25-21(28)24-14-5-6-14/h1-4,7-14,27H,5-6,22H2,(H,23,26)(H2,24,25,28). The summed E-state index contributed by atoms with van der Waals surface area (Å²) >= 11 is 0. The lowest BCUT2D eigenvalue weighted by atomic mass is 10.2. The molecule has 2 amide bonds. The van der Waals surface area contributed by atoms with E-state index in [1.807, 2.05) is 24.3 Å². The molecule has 6 N–H and O–H groups in total. The number of aromatic nitrogens is 1. The summed E-state index contributed by atoms with van der Waals surface area (Å²) in [6, 6.07) is 18.5. The summed E-state index contributed by atoms with van der Waals surface area (Å²) in [6.07, 6.45) is 3.77. The van der Waals surface area contributed by atoms with Crippen LogP contribution in [0.15, 0.2) is 66.9 Å². The SMILES string of the molecule is NNc1ccccc1Nc1cc(Oc2ccc(NC(=O)NC3CC3)cc2)ccn1. The van der Waals surface area contributed by atoms with Gasteiger partial charge in [0.25, 0.3) is 0 Å². The van der Waals surface area contributed by atoms with Gasteiger partial charge in [-0.25, -0.2) is 9.78 Å². The summed E-state index contributed by atoms with van der Waals surface area (Å²) in [5.74, 6) is 7.45. The molecule has 2 aromatic carbocycles. The van der Waals surface area contributed by atoms with E-state index in [9.17, 15) is 4.79 Å². The van der Waals surface area contributed by atoms with Crippen LogP contribution in [0, 0.1) is 0 Å². The fraction of sp³-hybridized carbons (Fsp3) is 0.143. The highest BCUT2D eigenvalue weighted by molar-refractivity contribution is 5.89. The van der Waals surface area contributed by atoms with Gasteiger partial charge in [-0.05, 0) is 55.3 Å². The first-order valence-electron chi connectivity index (χ1n) is 9.34. The van der Waals surface area contributed by atoms with E-state index in [-0.39, 0.29) is 6.03 Å². The molecule has 0 radical (unpaired) electrons. The molecular formula is C21H22N6O2. The lowest BCUT2D eigenvalue weighted by molar-refractivity contribution is 0.251. The normalized spacial score (nSPS) is 12.7. The van der Waals surface area contributed by atoms with E-state index in [0.717, 1.165) is 24.2 Å². The number of para-hydroxylation sites is 2. The van der Waals surface area contributed by atoms with Crippen LogP contribution in [-0.4, -0.2) is 17.1 Å². The van der Waals surface area contributed by atoms with Gasteiger partial charge in [0.2, 0.25) is 0 Å². The van der Waals surface area contributed by atoms with Gasteiger partial charge >= 0.3 is 6.03 Å². The number of ether oxygens (including phenoxy) is 1. The quantitative estimate of drug-likeness (QED) is 0.305. The van der Waals surface area contributed by atoms with E-state index in [0.29, 0.717) is 29.0 Å². The Labute approximate surface area is 168 Å². The van der Waals surface area contributed by atoms with Crippen molar-refractivity contribution in [2.24, 2.45) is 5.84 Å². The first kappa shape index (κ1) is 18.6. The number of hydrogen-bond acceptors (Lipinski definition) is 6. The molecule has 0 bridgehead atoms. The topological polar surface area (TPSA) is 113 Å². The van der Waals surface area contributed by atoms with E-state index >= 15 is 0 Å². The summed E-state index contributed by atoms with van der Waals surface area (Å²) in [4.78, 5) is 16.1. The summed E-state index contributed by atoms with van der Waals surface area (Å²) < 4.78 is 5.90. The maximum atomic E-state index is 11.8. The second-order valence-corrected chi connectivity index (χ2v) is 6.69. The van der Waals surface area contributed by atoms with Crippen LogP contribution in [0.3, 0.4) is 0 Å². The Bertz CT molecular complexity index is 988. The Kier molecular flexibility index (Phi) is 5.44. The highest BCUT2D eigenvalue weighted by atomic mass is 16.5. The van der Waals surface area contributed by atoms with Gasteiger partial charge in [0, 0.05) is 24.0 Å². The second-order valence-electron chi connectivity index (χ2n) is 6.69. The number of rotatable bonds is 7. The van der Waals surface area contributed by atoms with Gasteiger partial charge in [-0.15, -0.1) is 0 Å². The van der Waals surface area contributed by atoms with Gasteiger partial charge in [-0.2, -0.15) is 0 Å². The van der Waals surface area contributed by atoms with Gasteiger partial charge < -0.3 is 26.1 Å². The van der Waals surface area contributed by atoms with Gasteiger partial charge in [0.05, 0.1) is 11.4 Å². The van der Waals surface area contributed by atoms with Crippen molar-refractivity contribution in [3.8, 4) is 11.5 Å². The Balaban J connectivity index is 1.39. The molecule has 1 aliphatic carbocycles. The number of nitrogens with zero attached hydrogens (tertiary/aromatic N) is 1. The van der Waals surface area contributed by atoms with Gasteiger partial charge in [0.15, 0.2) is 0 Å². The minimum absolute atomic E-state index is 0.182. The molecule has 1 fully saturated rings. The molecule has 3 aromatic rings. The van der Waals surface area contributed by atoms with Crippen LogP contribution < -0.4 is 32.0 Å². The van der Waals surface area contributed by atoms with E-state index < -0.39 is 0 Å². The predicted molar refractivity (Wildman–Crippen MR) is 113 cm³/mol. The molecule has 4 rings (SSSR count). The zero-order valence-electron chi connectivity index (χ0n) is 15.7. The predicted octanol–water partition coefficient (Wildman–Crippen LogP) is 4.19. The maximum absolute atomic E-state index is 11.8. The number of hydrogen-bond donors (Lipinski definition) is 5. The average molecular weight is 390 g/mol. The van der Waals surface area contributed by atoms with Crippen molar-refractivity contribution in [2.45, 2.75) is 18.9 Å². The third-order valence-corrected chi connectivity index (χ3v) is 4.34. The second kappa shape index (κ2) is 8.49. The van der Waals surface area contributed by atoms with Crippen molar-refractivity contribution >= 4 is 28.9 Å². The maximum Gasteiger partial charge on any atom is 0.319 e. The highest BCUT2D eigenvalue weighted by Gasteiger charge is 2.23. The Morgan fingerprint density at radius 1 is 1.00 bits per heavy atom. The molecule has 8 nitrogen and oxygen atoms in total. The van der Waals surface area contributed by atoms with Crippen molar-refractivity contribution < 1.29 is 9.53 Å². The Hall–Kier alpha value is -3.78. The van der Waals surface area contributed by atoms with Crippen molar-refractivity contribution in [3.63, 3.8) is 0 Å². The highest BCUT2D eigenvalue weighted by Crippen LogP contribution is 2.28. The summed E-state index contributed by atoms with van der Waals surface area (Å²) in [5.41, 5.74) is 4.92. The number of pyridine rings is 1. The molecule has 1 aliphatic rings. The molecule has 1 aromatic heterocycles.